The Balaban J connectivity index is 2.01. The highest BCUT2D eigenvalue weighted by Gasteiger charge is 2.50. The summed E-state index contributed by atoms with van der Waals surface area (Å²) in [5.41, 5.74) is 0. The molecule has 0 spiro atoms. The van der Waals surface area contributed by atoms with Crippen molar-refractivity contribution in [3.63, 3.8) is 0 Å². The van der Waals surface area contributed by atoms with Crippen molar-refractivity contribution in [2.75, 3.05) is 0 Å². The van der Waals surface area contributed by atoms with Gasteiger partial charge in [-0.3, -0.25) is 0 Å². The quantitative estimate of drug-likeness (QED) is 0.355. The molecule has 22 heavy (non-hydrogen) atoms. The van der Waals surface area contributed by atoms with Crippen LogP contribution in [0, 0.1) is 5.92 Å². The first-order chi connectivity index (χ1) is 10.3. The second-order valence-electron chi connectivity index (χ2n) is 6.53. The van der Waals surface area contributed by atoms with Crippen LogP contribution in [-0.2, 0) is 18.0 Å². The lowest BCUT2D eigenvalue weighted by Gasteiger charge is -2.32. The molecule has 2 rings (SSSR count). The van der Waals surface area contributed by atoms with E-state index in [9.17, 15) is 0 Å². The maximum Gasteiger partial charge on any atom is 0.698 e. The number of fused-ring (bicyclic) bond motifs is 1. The number of hydrogen-bond donors (Lipinski definition) is 0. The smallest absolute Gasteiger partial charge is 0.488 e. The molecule has 4 nitrogen and oxygen atoms in total. The summed E-state index contributed by atoms with van der Waals surface area (Å²) in [6.07, 6.45) is 5.55. The minimum Gasteiger partial charge on any atom is -0.488 e. The van der Waals surface area contributed by atoms with Crippen LogP contribution in [0.1, 0.15) is 46.5 Å². The molecule has 0 amide bonds. The Morgan fingerprint density at radius 2 is 1.50 bits per heavy atom. The molecule has 0 radical (unpaired) electrons. The summed E-state index contributed by atoms with van der Waals surface area (Å²) in [4.78, 5) is 0. The lowest BCUT2D eigenvalue weighted by atomic mass is 9.88. The zero-order valence-electron chi connectivity index (χ0n) is 14.0. The zero-order valence-corrected chi connectivity index (χ0v) is 15.0. The average Bonchev–Trinajstić information content (AvgIpc) is 3.12. The van der Waals surface area contributed by atoms with E-state index >= 15 is 0 Å². The van der Waals surface area contributed by atoms with Gasteiger partial charge in [-0.2, -0.15) is 0 Å². The van der Waals surface area contributed by atoms with E-state index < -0.39 is 8.80 Å². The van der Waals surface area contributed by atoms with Crippen molar-refractivity contribution in [1.82, 2.24) is 0 Å². The van der Waals surface area contributed by atoms with E-state index in [1.165, 1.54) is 12.8 Å². The van der Waals surface area contributed by atoms with E-state index in [1.54, 1.807) is 0 Å². The standard InChI is InChI=1S/C17H28O4Si/c1-12(2)19-22(20-13(3)4,21-14(5)6)10-9-15-7-8-16-17(11-15)18-16/h15-17H,1,3,5,7-11H2,2,4,6H3. The Hall–Kier alpha value is -1.20. The highest BCUT2D eigenvalue weighted by Crippen LogP contribution is 2.42. The van der Waals surface area contributed by atoms with Crippen molar-refractivity contribution in [3.05, 3.63) is 37.0 Å². The van der Waals surface area contributed by atoms with Gasteiger partial charge in [-0.15, -0.1) is 0 Å². The largest absolute Gasteiger partial charge is 0.698 e. The lowest BCUT2D eigenvalue weighted by Crippen LogP contribution is -2.44. The minimum atomic E-state index is -2.92. The average molecular weight is 324 g/mol. The highest BCUT2D eigenvalue weighted by molar-refractivity contribution is 6.61. The molecule has 2 aliphatic rings. The van der Waals surface area contributed by atoms with Crippen LogP contribution < -0.4 is 0 Å². The van der Waals surface area contributed by atoms with Crippen LogP contribution in [-0.4, -0.2) is 21.0 Å². The molecule has 5 heteroatoms. The maximum absolute atomic E-state index is 5.93. The first kappa shape index (κ1) is 17.2. The Bertz CT molecular complexity index is 419. The molecular formula is C17H28O4Si. The highest BCUT2D eigenvalue weighted by atomic mass is 28.4. The van der Waals surface area contributed by atoms with Crippen molar-refractivity contribution in [2.24, 2.45) is 5.92 Å². The van der Waals surface area contributed by atoms with E-state index in [4.69, 9.17) is 18.0 Å². The topological polar surface area (TPSA) is 40.2 Å². The summed E-state index contributed by atoms with van der Waals surface area (Å²) in [7, 11) is -2.92. The second-order valence-corrected chi connectivity index (χ2v) is 9.00. The van der Waals surface area contributed by atoms with Crippen LogP contribution in [0.2, 0.25) is 6.04 Å². The van der Waals surface area contributed by atoms with Gasteiger partial charge in [-0.25, -0.2) is 0 Å². The molecule has 1 aliphatic carbocycles. The Morgan fingerprint density at radius 3 is 1.95 bits per heavy atom. The summed E-state index contributed by atoms with van der Waals surface area (Å²) in [6, 6.07) is 0.738. The van der Waals surface area contributed by atoms with Crippen LogP contribution in [0.4, 0.5) is 0 Å². The molecule has 3 unspecified atom stereocenters. The van der Waals surface area contributed by atoms with Gasteiger partial charge >= 0.3 is 8.80 Å². The van der Waals surface area contributed by atoms with Crippen LogP contribution in [0.3, 0.4) is 0 Å². The van der Waals surface area contributed by atoms with Crippen LogP contribution in [0.25, 0.3) is 0 Å². The Labute approximate surface area is 135 Å². The molecule has 2 fully saturated rings. The predicted octanol–water partition coefficient (Wildman–Crippen LogP) is 4.53. The monoisotopic (exact) mass is 324 g/mol. The van der Waals surface area contributed by atoms with Crippen molar-refractivity contribution in [2.45, 2.75) is 64.7 Å². The number of hydrogen-bond acceptors (Lipinski definition) is 4. The van der Waals surface area contributed by atoms with Crippen LogP contribution in [0.15, 0.2) is 37.0 Å². The fourth-order valence-electron chi connectivity index (χ4n) is 3.14. The number of ether oxygens (including phenoxy) is 1. The molecule has 1 aliphatic heterocycles. The summed E-state index contributed by atoms with van der Waals surface area (Å²) >= 11 is 0. The van der Waals surface area contributed by atoms with Gasteiger partial charge < -0.3 is 18.0 Å². The van der Waals surface area contributed by atoms with E-state index in [-0.39, 0.29) is 0 Å². The molecule has 1 heterocycles. The molecule has 3 atom stereocenters. The molecule has 124 valence electrons. The van der Waals surface area contributed by atoms with Gasteiger partial charge in [0.1, 0.15) is 0 Å². The van der Waals surface area contributed by atoms with Gasteiger partial charge in [0.15, 0.2) is 0 Å². The van der Waals surface area contributed by atoms with Crippen LogP contribution >= 0.6 is 0 Å². The molecule has 1 saturated heterocycles. The summed E-state index contributed by atoms with van der Waals surface area (Å²) < 4.78 is 23.4. The SMILES string of the molecule is C=C(C)O[Si](CCC1CCC2OC2C1)(OC(=C)C)OC(=C)C. The third kappa shape index (κ3) is 4.92. The summed E-state index contributed by atoms with van der Waals surface area (Å²) in [5, 5.41) is 0. The van der Waals surface area contributed by atoms with Crippen molar-refractivity contribution in [1.29, 1.82) is 0 Å². The van der Waals surface area contributed by atoms with Crippen molar-refractivity contribution < 1.29 is 18.0 Å². The molecule has 0 bridgehead atoms. The summed E-state index contributed by atoms with van der Waals surface area (Å²) in [6.45, 7) is 17.0. The first-order valence-corrected chi connectivity index (χ1v) is 9.92. The number of epoxide rings is 1. The Kier molecular flexibility index (Phi) is 5.39. The van der Waals surface area contributed by atoms with E-state index in [0.29, 0.717) is 35.4 Å². The van der Waals surface area contributed by atoms with Gasteiger partial charge in [0, 0.05) is 0 Å². The van der Waals surface area contributed by atoms with E-state index in [2.05, 4.69) is 19.7 Å². The van der Waals surface area contributed by atoms with Gasteiger partial charge in [-0.1, -0.05) is 19.7 Å². The summed E-state index contributed by atoms with van der Waals surface area (Å²) in [5.74, 6) is 2.45. The van der Waals surface area contributed by atoms with E-state index in [1.807, 2.05) is 20.8 Å². The molecule has 0 aromatic carbocycles. The lowest BCUT2D eigenvalue weighted by molar-refractivity contribution is 0.140. The minimum absolute atomic E-state index is 0.487. The third-order valence-corrected chi connectivity index (χ3v) is 6.84. The van der Waals surface area contributed by atoms with Gasteiger partial charge in [0.25, 0.3) is 0 Å². The second kappa shape index (κ2) is 6.92. The molecule has 0 aromatic heterocycles. The predicted molar refractivity (Wildman–Crippen MR) is 88.9 cm³/mol. The Morgan fingerprint density at radius 1 is 0.955 bits per heavy atom. The number of allylic oxidation sites excluding steroid dienone is 3. The fourth-order valence-corrected chi connectivity index (χ4v) is 5.93. The van der Waals surface area contributed by atoms with Gasteiger partial charge in [0.2, 0.25) is 0 Å². The molecule has 1 saturated carbocycles. The van der Waals surface area contributed by atoms with E-state index in [0.717, 1.165) is 18.9 Å². The van der Waals surface area contributed by atoms with Gasteiger partial charge in [0.05, 0.1) is 35.5 Å². The first-order valence-electron chi connectivity index (χ1n) is 7.98. The maximum atomic E-state index is 5.93. The van der Waals surface area contributed by atoms with Gasteiger partial charge in [-0.05, 0) is 52.4 Å². The van der Waals surface area contributed by atoms with Crippen LogP contribution in [0.5, 0.6) is 0 Å². The molecule has 0 aromatic rings. The van der Waals surface area contributed by atoms with Crippen molar-refractivity contribution >= 4 is 8.80 Å². The molecule has 0 N–H and O–H groups in total. The molecular weight excluding hydrogens is 296 g/mol. The number of rotatable bonds is 9. The fraction of sp³-hybridized carbons (Fsp3) is 0.647. The van der Waals surface area contributed by atoms with Crippen molar-refractivity contribution in [3.8, 4) is 0 Å². The third-order valence-electron chi connectivity index (χ3n) is 3.96. The normalized spacial score (nSPS) is 26.6. The zero-order chi connectivity index (χ0) is 16.3.